The Morgan fingerprint density at radius 2 is 1.79 bits per heavy atom. The van der Waals surface area contributed by atoms with Gasteiger partial charge in [0.2, 0.25) is 0 Å². The maximum absolute atomic E-state index is 12.0. The van der Waals surface area contributed by atoms with Gasteiger partial charge in [0.15, 0.2) is 0 Å². The molecule has 108 valence electrons. The first kappa shape index (κ1) is 16.2. The van der Waals surface area contributed by atoms with E-state index in [0.717, 1.165) is 5.56 Å². The quantitative estimate of drug-likeness (QED) is 0.679. The lowest BCUT2D eigenvalue weighted by Crippen LogP contribution is -2.11. The minimum absolute atomic E-state index is 0.00803. The Bertz CT molecular complexity index is 422. The Balaban J connectivity index is 2.57. The summed E-state index contributed by atoms with van der Waals surface area (Å²) < 4.78 is 41.2. The molecule has 0 bridgehead atoms. The SMILES string of the molecule is CC(C)(C)c1ccc(OCCCC(F)(F)F)c(Cl)c1. The van der Waals surface area contributed by atoms with Gasteiger partial charge in [-0.1, -0.05) is 38.4 Å². The zero-order chi connectivity index (χ0) is 14.7. The van der Waals surface area contributed by atoms with Gasteiger partial charge in [-0.2, -0.15) is 13.2 Å². The Morgan fingerprint density at radius 1 is 1.16 bits per heavy atom. The molecule has 5 heteroatoms. The maximum atomic E-state index is 12.0. The van der Waals surface area contributed by atoms with Gasteiger partial charge in [-0.3, -0.25) is 0 Å². The Labute approximate surface area is 116 Å². The molecule has 1 aromatic rings. The average molecular weight is 295 g/mol. The van der Waals surface area contributed by atoms with Crippen LogP contribution in [0.2, 0.25) is 5.02 Å². The molecule has 0 amide bonds. The second-order valence-corrected chi connectivity index (χ2v) is 5.87. The first-order valence-corrected chi connectivity index (χ1v) is 6.47. The monoisotopic (exact) mass is 294 g/mol. The number of ether oxygens (including phenoxy) is 1. The van der Waals surface area contributed by atoms with Crippen molar-refractivity contribution in [3.63, 3.8) is 0 Å². The lowest BCUT2D eigenvalue weighted by Gasteiger charge is -2.20. The van der Waals surface area contributed by atoms with Crippen molar-refractivity contribution < 1.29 is 17.9 Å². The van der Waals surface area contributed by atoms with Crippen molar-refractivity contribution in [3.8, 4) is 5.75 Å². The van der Waals surface area contributed by atoms with Crippen LogP contribution in [0.1, 0.15) is 39.2 Å². The van der Waals surface area contributed by atoms with Gasteiger partial charge in [-0.15, -0.1) is 0 Å². The third kappa shape index (κ3) is 5.72. The third-order valence-corrected chi connectivity index (χ3v) is 2.96. The second-order valence-electron chi connectivity index (χ2n) is 5.46. The normalized spacial score (nSPS) is 12.6. The fourth-order valence-electron chi connectivity index (χ4n) is 1.54. The van der Waals surface area contributed by atoms with E-state index < -0.39 is 12.6 Å². The van der Waals surface area contributed by atoms with Crippen LogP contribution in [-0.2, 0) is 5.41 Å². The fourth-order valence-corrected chi connectivity index (χ4v) is 1.77. The standard InChI is InChI=1S/C14H18ClF3O/c1-13(2,3)10-5-6-12(11(15)9-10)19-8-4-7-14(16,17)18/h5-6,9H,4,7-8H2,1-3H3. The molecule has 0 heterocycles. The van der Waals surface area contributed by atoms with Crippen LogP contribution in [0.15, 0.2) is 18.2 Å². The van der Waals surface area contributed by atoms with E-state index in [-0.39, 0.29) is 18.4 Å². The number of halogens is 4. The smallest absolute Gasteiger partial charge is 0.389 e. The Kier molecular flexibility index (Phi) is 5.13. The van der Waals surface area contributed by atoms with Gasteiger partial charge in [-0.05, 0) is 29.5 Å². The largest absolute Gasteiger partial charge is 0.492 e. The van der Waals surface area contributed by atoms with Crippen molar-refractivity contribution in [3.05, 3.63) is 28.8 Å². The summed E-state index contributed by atoms with van der Waals surface area (Å²) in [4.78, 5) is 0. The van der Waals surface area contributed by atoms with E-state index in [1.54, 1.807) is 12.1 Å². The van der Waals surface area contributed by atoms with E-state index >= 15 is 0 Å². The van der Waals surface area contributed by atoms with Crippen molar-refractivity contribution >= 4 is 11.6 Å². The highest BCUT2D eigenvalue weighted by atomic mass is 35.5. The summed E-state index contributed by atoms with van der Waals surface area (Å²) >= 11 is 6.06. The molecule has 0 spiro atoms. The number of benzene rings is 1. The van der Waals surface area contributed by atoms with Crippen molar-refractivity contribution in [2.24, 2.45) is 0 Å². The number of hydrogen-bond acceptors (Lipinski definition) is 1. The fraction of sp³-hybridized carbons (Fsp3) is 0.571. The van der Waals surface area contributed by atoms with Crippen molar-refractivity contribution in [1.29, 1.82) is 0 Å². The van der Waals surface area contributed by atoms with Crippen LogP contribution >= 0.6 is 11.6 Å². The second kappa shape index (κ2) is 6.04. The minimum atomic E-state index is -4.14. The molecule has 0 aromatic heterocycles. The molecule has 1 rings (SSSR count). The van der Waals surface area contributed by atoms with E-state index in [2.05, 4.69) is 20.8 Å². The number of rotatable bonds is 4. The van der Waals surface area contributed by atoms with Gasteiger partial charge in [0.05, 0.1) is 11.6 Å². The Hall–Kier alpha value is -0.900. The Morgan fingerprint density at radius 3 is 2.26 bits per heavy atom. The predicted molar refractivity (Wildman–Crippen MR) is 70.9 cm³/mol. The summed E-state index contributed by atoms with van der Waals surface area (Å²) in [6, 6.07) is 5.38. The molecule has 0 aliphatic carbocycles. The van der Waals surface area contributed by atoms with Gasteiger partial charge < -0.3 is 4.74 Å². The van der Waals surface area contributed by atoms with Crippen molar-refractivity contribution in [2.45, 2.75) is 45.2 Å². The minimum Gasteiger partial charge on any atom is -0.492 e. The first-order valence-electron chi connectivity index (χ1n) is 6.09. The summed E-state index contributed by atoms with van der Waals surface area (Å²) in [5.74, 6) is 0.428. The average Bonchev–Trinajstić information content (AvgIpc) is 2.23. The maximum Gasteiger partial charge on any atom is 0.389 e. The predicted octanol–water partition coefficient (Wildman–Crippen LogP) is 5.36. The molecule has 0 aliphatic heterocycles. The van der Waals surface area contributed by atoms with E-state index in [9.17, 15) is 13.2 Å². The van der Waals surface area contributed by atoms with Crippen LogP contribution < -0.4 is 4.74 Å². The zero-order valence-electron chi connectivity index (χ0n) is 11.3. The lowest BCUT2D eigenvalue weighted by atomic mass is 9.87. The van der Waals surface area contributed by atoms with Crippen molar-refractivity contribution in [1.82, 2.24) is 0 Å². The van der Waals surface area contributed by atoms with E-state index in [1.165, 1.54) is 0 Å². The molecule has 0 aliphatic rings. The molecule has 0 atom stereocenters. The topological polar surface area (TPSA) is 9.23 Å². The highest BCUT2D eigenvalue weighted by Crippen LogP contribution is 2.31. The molecule has 0 unspecified atom stereocenters. The van der Waals surface area contributed by atoms with Crippen LogP contribution in [-0.4, -0.2) is 12.8 Å². The third-order valence-electron chi connectivity index (χ3n) is 2.66. The number of alkyl halides is 3. The first-order chi connectivity index (χ1) is 8.59. The van der Waals surface area contributed by atoms with Crippen LogP contribution in [0.5, 0.6) is 5.75 Å². The van der Waals surface area contributed by atoms with Gasteiger partial charge in [-0.25, -0.2) is 0 Å². The van der Waals surface area contributed by atoms with E-state index in [4.69, 9.17) is 16.3 Å². The van der Waals surface area contributed by atoms with Gasteiger partial charge in [0.1, 0.15) is 5.75 Å². The molecule has 1 aromatic carbocycles. The van der Waals surface area contributed by atoms with Gasteiger partial charge in [0.25, 0.3) is 0 Å². The molecule has 0 saturated carbocycles. The van der Waals surface area contributed by atoms with E-state index in [1.807, 2.05) is 6.07 Å². The molecule has 19 heavy (non-hydrogen) atoms. The van der Waals surface area contributed by atoms with Crippen LogP contribution in [0.4, 0.5) is 13.2 Å². The highest BCUT2D eigenvalue weighted by Gasteiger charge is 2.26. The van der Waals surface area contributed by atoms with E-state index in [0.29, 0.717) is 10.8 Å². The lowest BCUT2D eigenvalue weighted by molar-refractivity contribution is -0.136. The molecular weight excluding hydrogens is 277 g/mol. The zero-order valence-corrected chi connectivity index (χ0v) is 12.0. The number of hydrogen-bond donors (Lipinski definition) is 0. The summed E-state index contributed by atoms with van der Waals surface area (Å²) in [5, 5.41) is 0.430. The summed E-state index contributed by atoms with van der Waals surface area (Å²) in [6.07, 6.45) is -5.05. The molecule has 0 radical (unpaired) electrons. The van der Waals surface area contributed by atoms with Crippen LogP contribution in [0.25, 0.3) is 0 Å². The molecule has 1 nitrogen and oxygen atoms in total. The van der Waals surface area contributed by atoms with Gasteiger partial charge >= 0.3 is 6.18 Å². The summed E-state index contributed by atoms with van der Waals surface area (Å²) in [7, 11) is 0. The molecular formula is C14H18ClF3O. The summed E-state index contributed by atoms with van der Waals surface area (Å²) in [6.45, 7) is 6.18. The molecule has 0 N–H and O–H groups in total. The summed E-state index contributed by atoms with van der Waals surface area (Å²) in [5.41, 5.74) is 1.03. The van der Waals surface area contributed by atoms with Crippen LogP contribution in [0.3, 0.4) is 0 Å². The van der Waals surface area contributed by atoms with Crippen LogP contribution in [0, 0.1) is 0 Å². The molecule has 0 saturated heterocycles. The van der Waals surface area contributed by atoms with Gasteiger partial charge in [0, 0.05) is 6.42 Å². The van der Waals surface area contributed by atoms with Crippen molar-refractivity contribution in [2.75, 3.05) is 6.61 Å². The molecule has 0 fully saturated rings. The highest BCUT2D eigenvalue weighted by molar-refractivity contribution is 6.32.